The molecule has 0 heterocycles. The van der Waals surface area contributed by atoms with Crippen molar-refractivity contribution in [2.24, 2.45) is 5.92 Å². The van der Waals surface area contributed by atoms with E-state index in [0.717, 1.165) is 12.2 Å². The number of benzene rings is 1. The van der Waals surface area contributed by atoms with E-state index in [2.05, 4.69) is 4.74 Å². The Bertz CT molecular complexity index is 469. The molecule has 0 aliphatic carbocycles. The van der Waals surface area contributed by atoms with E-state index in [1.54, 1.807) is 37.3 Å². The average molecular weight is 302 g/mol. The number of rotatable bonds is 6. The van der Waals surface area contributed by atoms with Gasteiger partial charge in [-0.1, -0.05) is 36.4 Å². The van der Waals surface area contributed by atoms with Crippen molar-refractivity contribution in [1.82, 2.24) is 0 Å². The molecular formula is C15H17F3O3. The number of ether oxygens (including phenoxy) is 1. The van der Waals surface area contributed by atoms with E-state index in [-0.39, 0.29) is 13.0 Å². The van der Waals surface area contributed by atoms with Crippen LogP contribution in [0.2, 0.25) is 0 Å². The quantitative estimate of drug-likeness (QED) is 0.649. The van der Waals surface area contributed by atoms with Crippen LogP contribution in [0.25, 0.3) is 0 Å². The molecule has 2 atom stereocenters. The molecule has 1 N–H and O–H groups in total. The second kappa shape index (κ2) is 7.83. The Morgan fingerprint density at radius 3 is 2.48 bits per heavy atom. The van der Waals surface area contributed by atoms with E-state index in [4.69, 9.17) is 0 Å². The van der Waals surface area contributed by atoms with Crippen molar-refractivity contribution in [3.63, 3.8) is 0 Å². The van der Waals surface area contributed by atoms with E-state index in [0.29, 0.717) is 5.56 Å². The number of hydrogen-bond acceptors (Lipinski definition) is 3. The lowest BCUT2D eigenvalue weighted by atomic mass is 9.93. The third-order valence-corrected chi connectivity index (χ3v) is 2.82. The van der Waals surface area contributed by atoms with Gasteiger partial charge in [0.25, 0.3) is 0 Å². The van der Waals surface area contributed by atoms with Crippen LogP contribution in [0.15, 0.2) is 42.5 Å². The number of aliphatic hydroxyl groups excluding tert-OH is 1. The molecule has 0 aromatic heterocycles. The molecule has 6 heteroatoms. The van der Waals surface area contributed by atoms with Gasteiger partial charge < -0.3 is 9.84 Å². The minimum atomic E-state index is -4.75. The van der Waals surface area contributed by atoms with Gasteiger partial charge >= 0.3 is 12.1 Å². The predicted molar refractivity (Wildman–Crippen MR) is 71.5 cm³/mol. The van der Waals surface area contributed by atoms with Crippen molar-refractivity contribution in [2.45, 2.75) is 25.6 Å². The molecule has 1 aromatic rings. The fourth-order valence-electron chi connectivity index (χ4n) is 1.81. The van der Waals surface area contributed by atoms with Gasteiger partial charge in [-0.15, -0.1) is 0 Å². The Morgan fingerprint density at radius 1 is 1.33 bits per heavy atom. The van der Waals surface area contributed by atoms with Crippen molar-refractivity contribution < 1.29 is 27.8 Å². The molecule has 0 saturated carbocycles. The zero-order valence-electron chi connectivity index (χ0n) is 11.5. The normalized spacial score (nSPS) is 14.9. The zero-order valence-corrected chi connectivity index (χ0v) is 11.5. The summed E-state index contributed by atoms with van der Waals surface area (Å²) in [6.07, 6.45) is -5.35. The van der Waals surface area contributed by atoms with E-state index >= 15 is 0 Å². The van der Waals surface area contributed by atoms with Crippen LogP contribution in [0.4, 0.5) is 13.2 Å². The molecule has 0 aliphatic heterocycles. The molecular weight excluding hydrogens is 285 g/mol. The van der Waals surface area contributed by atoms with Crippen LogP contribution in [0.5, 0.6) is 0 Å². The van der Waals surface area contributed by atoms with Crippen molar-refractivity contribution in [3.05, 3.63) is 48.0 Å². The highest BCUT2D eigenvalue weighted by Gasteiger charge is 2.42. The van der Waals surface area contributed by atoms with Gasteiger partial charge in [0.2, 0.25) is 0 Å². The number of aliphatic hydroxyl groups is 1. The maximum atomic E-state index is 12.7. The molecule has 0 spiro atoms. The maximum Gasteiger partial charge on any atom is 0.414 e. The number of hydrogen-bond donors (Lipinski definition) is 1. The molecule has 116 valence electrons. The minimum Gasteiger partial charge on any atom is -0.463 e. The summed E-state index contributed by atoms with van der Waals surface area (Å²) in [6, 6.07) is 8.46. The summed E-state index contributed by atoms with van der Waals surface area (Å²) >= 11 is 0. The Morgan fingerprint density at radius 2 is 1.95 bits per heavy atom. The second-order valence-electron chi connectivity index (χ2n) is 4.45. The maximum absolute atomic E-state index is 12.7. The monoisotopic (exact) mass is 302 g/mol. The van der Waals surface area contributed by atoms with Gasteiger partial charge in [0.1, 0.15) is 0 Å². The number of carbonyl (C=O) groups is 1. The van der Waals surface area contributed by atoms with Crippen LogP contribution < -0.4 is 0 Å². The molecule has 0 bridgehead atoms. The lowest BCUT2D eigenvalue weighted by Crippen LogP contribution is -2.36. The summed E-state index contributed by atoms with van der Waals surface area (Å²) in [5.41, 5.74) is 0.638. The van der Waals surface area contributed by atoms with Gasteiger partial charge in [0.15, 0.2) is 6.10 Å². The SMILES string of the molecule is CCOC(=O)/C=C/[C@@H](Cc1ccccc1)[C@@H](O)C(F)(F)F. The Hall–Kier alpha value is -1.82. The molecule has 0 aliphatic rings. The van der Waals surface area contributed by atoms with E-state index in [1.165, 1.54) is 0 Å². The van der Waals surface area contributed by atoms with Gasteiger partial charge in [0.05, 0.1) is 6.61 Å². The molecule has 1 rings (SSSR count). The van der Waals surface area contributed by atoms with Crippen molar-refractivity contribution in [1.29, 1.82) is 0 Å². The number of carbonyl (C=O) groups excluding carboxylic acids is 1. The number of alkyl halides is 3. The first-order valence-electron chi connectivity index (χ1n) is 6.48. The standard InChI is InChI=1S/C15H17F3O3/c1-2-21-13(19)9-8-12(14(20)15(16,17)18)10-11-6-4-3-5-7-11/h3-9,12,14,20H,2,10H2,1H3/b9-8+/t12-,14+/m0/s1. The highest BCUT2D eigenvalue weighted by Crippen LogP contribution is 2.28. The summed E-state index contributed by atoms with van der Waals surface area (Å²) in [5.74, 6) is -1.98. The van der Waals surface area contributed by atoms with Crippen LogP contribution in [0.3, 0.4) is 0 Å². The van der Waals surface area contributed by atoms with Crippen LogP contribution in [-0.2, 0) is 16.0 Å². The number of esters is 1. The first kappa shape index (κ1) is 17.2. The summed E-state index contributed by atoms with van der Waals surface area (Å²) in [5, 5.41) is 9.42. The van der Waals surface area contributed by atoms with E-state index in [1.807, 2.05) is 0 Å². The van der Waals surface area contributed by atoms with Crippen LogP contribution in [-0.4, -0.2) is 30.0 Å². The summed E-state index contributed by atoms with van der Waals surface area (Å²) in [7, 11) is 0. The van der Waals surface area contributed by atoms with Crippen molar-refractivity contribution in [3.8, 4) is 0 Å². The Balaban J connectivity index is 2.87. The lowest BCUT2D eigenvalue weighted by molar-refractivity contribution is -0.214. The second-order valence-corrected chi connectivity index (χ2v) is 4.45. The van der Waals surface area contributed by atoms with Gasteiger partial charge in [-0.2, -0.15) is 13.2 Å². The molecule has 0 saturated heterocycles. The summed E-state index contributed by atoms with van der Waals surface area (Å²) in [4.78, 5) is 11.2. The fraction of sp³-hybridized carbons (Fsp3) is 0.400. The smallest absolute Gasteiger partial charge is 0.414 e. The van der Waals surface area contributed by atoms with Crippen LogP contribution in [0.1, 0.15) is 12.5 Å². The van der Waals surface area contributed by atoms with Gasteiger partial charge in [-0.05, 0) is 18.9 Å². The largest absolute Gasteiger partial charge is 0.463 e. The van der Waals surface area contributed by atoms with Crippen molar-refractivity contribution >= 4 is 5.97 Å². The summed E-state index contributed by atoms with van der Waals surface area (Å²) < 4.78 is 42.6. The average Bonchev–Trinajstić information content (AvgIpc) is 2.43. The zero-order chi connectivity index (χ0) is 15.9. The van der Waals surface area contributed by atoms with Gasteiger partial charge in [0, 0.05) is 12.0 Å². The van der Waals surface area contributed by atoms with Gasteiger partial charge in [-0.25, -0.2) is 4.79 Å². The Kier molecular flexibility index (Phi) is 6.42. The molecule has 1 aromatic carbocycles. The third kappa shape index (κ3) is 5.99. The number of halogens is 3. The predicted octanol–water partition coefficient (Wildman–Crippen LogP) is 2.89. The first-order valence-corrected chi connectivity index (χ1v) is 6.48. The van der Waals surface area contributed by atoms with E-state index < -0.39 is 24.2 Å². The first-order chi connectivity index (χ1) is 9.84. The van der Waals surface area contributed by atoms with Crippen LogP contribution >= 0.6 is 0 Å². The molecule has 0 unspecified atom stereocenters. The van der Waals surface area contributed by atoms with Crippen molar-refractivity contribution in [2.75, 3.05) is 6.61 Å². The molecule has 0 fully saturated rings. The Labute approximate surface area is 121 Å². The lowest BCUT2D eigenvalue weighted by Gasteiger charge is -2.22. The molecule has 0 radical (unpaired) electrons. The van der Waals surface area contributed by atoms with E-state index in [9.17, 15) is 23.1 Å². The van der Waals surface area contributed by atoms with Crippen LogP contribution in [0, 0.1) is 5.92 Å². The van der Waals surface area contributed by atoms with Gasteiger partial charge in [-0.3, -0.25) is 0 Å². The molecule has 3 nitrogen and oxygen atoms in total. The molecule has 21 heavy (non-hydrogen) atoms. The topological polar surface area (TPSA) is 46.5 Å². The fourth-order valence-corrected chi connectivity index (χ4v) is 1.81. The summed E-state index contributed by atoms with van der Waals surface area (Å²) in [6.45, 7) is 1.73. The highest BCUT2D eigenvalue weighted by atomic mass is 19.4. The third-order valence-electron chi connectivity index (χ3n) is 2.82. The molecule has 0 amide bonds. The highest BCUT2D eigenvalue weighted by molar-refractivity contribution is 5.81. The minimum absolute atomic E-state index is 0.0303.